The zero-order valence-electron chi connectivity index (χ0n) is 15.7. The number of carbonyl (C=O) groups is 2. The largest absolute Gasteiger partial charge is 0.460 e. The summed E-state index contributed by atoms with van der Waals surface area (Å²) in [5.41, 5.74) is -5.62. The minimum absolute atomic E-state index is 0.278. The molecule has 1 aliphatic rings. The van der Waals surface area contributed by atoms with Crippen molar-refractivity contribution in [2.24, 2.45) is 11.3 Å². The highest BCUT2D eigenvalue weighted by atomic mass is 19.4. The highest BCUT2D eigenvalue weighted by Gasteiger charge is 2.73. The van der Waals surface area contributed by atoms with Gasteiger partial charge in [-0.25, -0.2) is 4.79 Å². The molecule has 0 unspecified atom stereocenters. The van der Waals surface area contributed by atoms with Crippen LogP contribution in [0.5, 0.6) is 0 Å². The van der Waals surface area contributed by atoms with Crippen LogP contribution < -0.4 is 0 Å². The van der Waals surface area contributed by atoms with Gasteiger partial charge in [-0.15, -0.1) is 0 Å². The summed E-state index contributed by atoms with van der Waals surface area (Å²) >= 11 is 0. The van der Waals surface area contributed by atoms with Crippen molar-refractivity contribution >= 4 is 11.9 Å². The summed E-state index contributed by atoms with van der Waals surface area (Å²) in [6.07, 6.45) is -14.0. The lowest BCUT2D eigenvalue weighted by atomic mass is 9.75. The van der Waals surface area contributed by atoms with E-state index in [2.05, 4.69) is 0 Å². The fraction of sp³-hybridized carbons (Fsp3) is 0.882. The molecule has 0 spiro atoms. The molecule has 0 atom stereocenters. The Labute approximate surface area is 158 Å². The number of hydrogen-bond donors (Lipinski definition) is 1. The van der Waals surface area contributed by atoms with E-state index in [4.69, 9.17) is 9.47 Å². The second-order valence-electron chi connectivity index (χ2n) is 7.54. The molecule has 1 rings (SSSR count). The van der Waals surface area contributed by atoms with Crippen LogP contribution in [-0.4, -0.2) is 47.7 Å². The quantitative estimate of drug-likeness (QED) is 0.519. The van der Waals surface area contributed by atoms with Gasteiger partial charge >= 0.3 is 24.3 Å². The zero-order valence-corrected chi connectivity index (χ0v) is 15.7. The predicted octanol–water partition coefficient (Wildman–Crippen LogP) is 3.92. The summed E-state index contributed by atoms with van der Waals surface area (Å²) in [5.74, 6) is -3.66. The Kier molecular flexibility index (Phi) is 7.41. The average molecular weight is 422 g/mol. The van der Waals surface area contributed by atoms with E-state index >= 15 is 0 Å². The molecule has 28 heavy (non-hydrogen) atoms. The number of aliphatic hydroxyl groups is 1. The normalized spacial score (nSPS) is 21.9. The number of alkyl halides is 6. The van der Waals surface area contributed by atoms with Gasteiger partial charge in [-0.1, -0.05) is 6.92 Å². The number of hydrogen-bond acceptors (Lipinski definition) is 5. The first-order chi connectivity index (χ1) is 12.6. The van der Waals surface area contributed by atoms with Crippen molar-refractivity contribution in [1.29, 1.82) is 0 Å². The van der Waals surface area contributed by atoms with Gasteiger partial charge in [0, 0.05) is 5.92 Å². The van der Waals surface area contributed by atoms with Crippen LogP contribution in [0.1, 0.15) is 52.9 Å². The topological polar surface area (TPSA) is 72.8 Å². The van der Waals surface area contributed by atoms with Gasteiger partial charge in [0.1, 0.15) is 6.10 Å². The molecule has 1 saturated carbocycles. The molecule has 11 heteroatoms. The second-order valence-corrected chi connectivity index (χ2v) is 7.54. The monoisotopic (exact) mass is 422 g/mol. The van der Waals surface area contributed by atoms with Gasteiger partial charge in [-0.3, -0.25) is 4.79 Å². The summed E-state index contributed by atoms with van der Waals surface area (Å²) in [5, 5.41) is 9.41. The van der Waals surface area contributed by atoms with Gasteiger partial charge in [0.25, 0.3) is 5.60 Å². The van der Waals surface area contributed by atoms with Crippen LogP contribution in [0.2, 0.25) is 0 Å². The molecule has 0 aromatic carbocycles. The van der Waals surface area contributed by atoms with E-state index in [1.54, 1.807) is 20.8 Å². The van der Waals surface area contributed by atoms with Gasteiger partial charge in [0.15, 0.2) is 6.61 Å². The third-order valence-electron chi connectivity index (χ3n) is 5.19. The SMILES string of the molecule is CCC(C)(C)C(=O)OCC(=O)OC1CCC(C(O)(C(F)(F)F)C(F)(F)F)CC1. The fourth-order valence-corrected chi connectivity index (χ4v) is 2.91. The van der Waals surface area contributed by atoms with Crippen molar-refractivity contribution in [3.63, 3.8) is 0 Å². The Morgan fingerprint density at radius 1 is 0.964 bits per heavy atom. The predicted molar refractivity (Wildman–Crippen MR) is 83.9 cm³/mol. The lowest BCUT2D eigenvalue weighted by Crippen LogP contribution is -2.62. The summed E-state index contributed by atoms with van der Waals surface area (Å²) < 4.78 is 87.1. The molecule has 5 nitrogen and oxygen atoms in total. The molecule has 0 aliphatic heterocycles. The fourth-order valence-electron chi connectivity index (χ4n) is 2.91. The average Bonchev–Trinajstić information content (AvgIpc) is 2.57. The van der Waals surface area contributed by atoms with Crippen LogP contribution >= 0.6 is 0 Å². The van der Waals surface area contributed by atoms with Gasteiger partial charge in [-0.05, 0) is 46.0 Å². The van der Waals surface area contributed by atoms with E-state index in [1.165, 1.54) is 0 Å². The summed E-state index contributed by atoms with van der Waals surface area (Å²) in [7, 11) is 0. The van der Waals surface area contributed by atoms with E-state index in [-0.39, 0.29) is 12.8 Å². The van der Waals surface area contributed by atoms with E-state index in [0.717, 1.165) is 0 Å². The summed E-state index contributed by atoms with van der Waals surface area (Å²) in [6.45, 7) is 4.28. The molecule has 0 radical (unpaired) electrons. The molecular weight excluding hydrogens is 398 g/mol. The Balaban J connectivity index is 2.60. The molecule has 164 valence electrons. The van der Waals surface area contributed by atoms with Crippen molar-refractivity contribution in [3.8, 4) is 0 Å². The Hall–Kier alpha value is -1.52. The molecule has 0 aromatic heterocycles. The number of carbonyl (C=O) groups excluding carboxylic acids is 2. The molecule has 0 heterocycles. The Morgan fingerprint density at radius 2 is 1.43 bits per heavy atom. The van der Waals surface area contributed by atoms with Crippen molar-refractivity contribution in [3.05, 3.63) is 0 Å². The maximum Gasteiger partial charge on any atom is 0.426 e. The van der Waals surface area contributed by atoms with E-state index in [0.29, 0.717) is 6.42 Å². The van der Waals surface area contributed by atoms with Crippen LogP contribution in [0.4, 0.5) is 26.3 Å². The van der Waals surface area contributed by atoms with Crippen LogP contribution in [0, 0.1) is 11.3 Å². The minimum atomic E-state index is -5.88. The molecule has 0 saturated heterocycles. The van der Waals surface area contributed by atoms with Crippen molar-refractivity contribution in [2.45, 2.75) is 76.9 Å². The Morgan fingerprint density at radius 3 is 1.82 bits per heavy atom. The first kappa shape index (κ1) is 24.5. The molecule has 1 N–H and O–H groups in total. The summed E-state index contributed by atoms with van der Waals surface area (Å²) in [6, 6.07) is 0. The molecule has 0 bridgehead atoms. The van der Waals surface area contributed by atoms with Crippen molar-refractivity contribution < 1.29 is 50.5 Å². The highest BCUT2D eigenvalue weighted by molar-refractivity contribution is 5.79. The van der Waals surface area contributed by atoms with Crippen molar-refractivity contribution in [2.75, 3.05) is 6.61 Å². The Bertz CT molecular complexity index is 547. The lowest BCUT2D eigenvalue weighted by Gasteiger charge is -2.41. The van der Waals surface area contributed by atoms with E-state index < -0.39 is 66.8 Å². The van der Waals surface area contributed by atoms with Crippen molar-refractivity contribution in [1.82, 2.24) is 0 Å². The smallest absolute Gasteiger partial charge is 0.426 e. The van der Waals surface area contributed by atoms with Gasteiger partial charge in [-0.2, -0.15) is 26.3 Å². The standard InChI is InChI=1S/C17H24F6O5/c1-4-14(2,3)13(25)27-9-12(24)28-11-7-5-10(6-8-11)15(26,16(18,19)20)17(21,22)23/h10-11,26H,4-9H2,1-3H3. The third-order valence-corrected chi connectivity index (χ3v) is 5.19. The van der Waals surface area contributed by atoms with Crippen LogP contribution in [-0.2, 0) is 19.1 Å². The second kappa shape index (κ2) is 8.46. The molecule has 1 fully saturated rings. The molecule has 1 aliphatic carbocycles. The van der Waals surface area contributed by atoms with Gasteiger partial charge in [0.2, 0.25) is 0 Å². The number of rotatable bonds is 6. The number of ether oxygens (including phenoxy) is 2. The van der Waals surface area contributed by atoms with Gasteiger partial charge in [0.05, 0.1) is 5.41 Å². The number of halogens is 6. The van der Waals surface area contributed by atoms with Crippen LogP contribution in [0.25, 0.3) is 0 Å². The lowest BCUT2D eigenvalue weighted by molar-refractivity contribution is -0.387. The maximum atomic E-state index is 12.9. The molecule has 0 amide bonds. The molecular formula is C17H24F6O5. The van der Waals surface area contributed by atoms with E-state index in [1.807, 2.05) is 0 Å². The van der Waals surface area contributed by atoms with Gasteiger partial charge < -0.3 is 14.6 Å². The summed E-state index contributed by atoms with van der Waals surface area (Å²) in [4.78, 5) is 23.5. The third kappa shape index (κ3) is 5.30. The maximum absolute atomic E-state index is 12.9. The molecule has 0 aromatic rings. The highest BCUT2D eigenvalue weighted by Crippen LogP contribution is 2.51. The van der Waals surface area contributed by atoms with E-state index in [9.17, 15) is 41.0 Å². The van der Waals surface area contributed by atoms with Crippen LogP contribution in [0.3, 0.4) is 0 Å². The number of esters is 2. The zero-order chi connectivity index (χ0) is 22.0. The minimum Gasteiger partial charge on any atom is -0.460 e. The first-order valence-corrected chi connectivity index (χ1v) is 8.78. The first-order valence-electron chi connectivity index (χ1n) is 8.78. The van der Waals surface area contributed by atoms with Crippen LogP contribution in [0.15, 0.2) is 0 Å².